The first kappa shape index (κ1) is 28.5. The van der Waals surface area contributed by atoms with Crippen molar-refractivity contribution < 1.29 is 28.0 Å². The van der Waals surface area contributed by atoms with Crippen LogP contribution in [-0.2, 0) is 25.9 Å². The van der Waals surface area contributed by atoms with Gasteiger partial charge in [0.25, 0.3) is 23.6 Å². The van der Waals surface area contributed by atoms with Crippen molar-refractivity contribution in [1.29, 1.82) is 0 Å². The Morgan fingerprint density at radius 3 is 1.67 bits per heavy atom. The van der Waals surface area contributed by atoms with Gasteiger partial charge in [0.2, 0.25) is 0 Å². The summed E-state index contributed by atoms with van der Waals surface area (Å²) in [4.78, 5) is 49.0. The molecule has 0 atom stereocenters. The topological polar surface area (TPSA) is 157 Å². The molecule has 0 bridgehead atoms. The highest BCUT2D eigenvalue weighted by Gasteiger charge is 2.35. The van der Waals surface area contributed by atoms with E-state index in [4.69, 9.17) is 5.73 Å². The number of amides is 4. The Kier molecular flexibility index (Phi) is 8.33. The van der Waals surface area contributed by atoms with Crippen LogP contribution in [-0.4, -0.2) is 74.3 Å². The van der Waals surface area contributed by atoms with Crippen LogP contribution in [0.4, 0.5) is 8.78 Å². The highest BCUT2D eigenvalue weighted by molar-refractivity contribution is 6.21. The number of halogens is 2. The Labute approximate surface area is 238 Å². The van der Waals surface area contributed by atoms with Crippen molar-refractivity contribution in [3.63, 3.8) is 0 Å². The van der Waals surface area contributed by atoms with Crippen LogP contribution in [0, 0.1) is 0 Å². The largest absolute Gasteiger partial charge is 0.352 e. The smallest absolute Gasteiger partial charge is 0.261 e. The molecule has 1 aromatic carbocycles. The number of carbonyl (C=O) groups is 4. The third kappa shape index (κ3) is 5.74. The van der Waals surface area contributed by atoms with Crippen LogP contribution < -0.4 is 16.4 Å². The van der Waals surface area contributed by atoms with Gasteiger partial charge in [-0.15, -0.1) is 0 Å². The Balaban J connectivity index is 0.000000189. The van der Waals surface area contributed by atoms with Crippen molar-refractivity contribution in [1.82, 2.24) is 35.1 Å². The quantitative estimate of drug-likeness (QED) is 0.357. The van der Waals surface area contributed by atoms with Crippen molar-refractivity contribution in [2.45, 2.75) is 25.9 Å². The van der Waals surface area contributed by atoms with Crippen LogP contribution in [0.25, 0.3) is 0 Å². The molecule has 0 spiro atoms. The second-order valence-corrected chi connectivity index (χ2v) is 9.87. The standard InChI is InChI=1S/C18H15FN4O3.C10H13FN4O/c19-7-11(8-22-10-14-15(21-22)5-6-20-16(14)24)9-23-17(25)12-3-1-2-4-13(12)18(23)26;11-3-7(4-12)5-15-6-8-9(14-15)1-2-13-10(8)16/h1-4,7,10H,5-6,8-9H2,(H,20,24);3,6H,1-2,4-5,12H2,(H,13,16)/b11-7-;7-3+. The minimum Gasteiger partial charge on any atom is -0.352 e. The van der Waals surface area contributed by atoms with Crippen molar-refractivity contribution in [2.75, 3.05) is 26.2 Å². The summed E-state index contributed by atoms with van der Waals surface area (Å²) in [5, 5.41) is 14.0. The number of hydrogen-bond acceptors (Lipinski definition) is 7. The van der Waals surface area contributed by atoms with Gasteiger partial charge in [0.15, 0.2) is 0 Å². The fourth-order valence-electron chi connectivity index (χ4n) is 4.88. The summed E-state index contributed by atoms with van der Waals surface area (Å²) in [6, 6.07) is 6.51. The molecule has 5 heterocycles. The zero-order chi connectivity index (χ0) is 29.8. The van der Waals surface area contributed by atoms with E-state index in [1.165, 1.54) is 4.68 Å². The minimum absolute atomic E-state index is 0.0458. The summed E-state index contributed by atoms with van der Waals surface area (Å²) in [7, 11) is 0. The fourth-order valence-corrected chi connectivity index (χ4v) is 4.88. The number of imide groups is 1. The Morgan fingerprint density at radius 2 is 1.24 bits per heavy atom. The predicted octanol–water partition coefficient (Wildman–Crippen LogP) is 1.30. The van der Waals surface area contributed by atoms with Crippen LogP contribution in [0.15, 0.2) is 60.5 Å². The molecule has 3 aliphatic heterocycles. The van der Waals surface area contributed by atoms with Gasteiger partial charge in [0.05, 0.1) is 65.9 Å². The first-order chi connectivity index (χ1) is 20.3. The maximum absolute atomic E-state index is 13.4. The normalized spacial score (nSPS) is 16.3. The van der Waals surface area contributed by atoms with E-state index in [1.807, 2.05) is 0 Å². The molecule has 6 rings (SSSR count). The first-order valence-electron chi connectivity index (χ1n) is 13.2. The first-order valence-corrected chi connectivity index (χ1v) is 13.2. The molecule has 14 heteroatoms. The maximum Gasteiger partial charge on any atom is 0.261 e. The zero-order valence-electron chi connectivity index (χ0n) is 22.5. The van der Waals surface area contributed by atoms with Gasteiger partial charge in [-0.05, 0) is 23.3 Å². The zero-order valence-corrected chi connectivity index (χ0v) is 22.5. The predicted molar refractivity (Wildman–Crippen MR) is 146 cm³/mol. The van der Waals surface area contributed by atoms with E-state index in [9.17, 15) is 28.0 Å². The molecule has 0 fully saturated rings. The average molecular weight is 579 g/mol. The number of carbonyl (C=O) groups excluding carboxylic acids is 4. The number of rotatable bonds is 7. The number of nitrogens with one attached hydrogen (secondary N) is 2. The molecule has 42 heavy (non-hydrogen) atoms. The van der Waals surface area contributed by atoms with Crippen LogP contribution >= 0.6 is 0 Å². The molecule has 218 valence electrons. The Bertz CT molecular complexity index is 1590. The SMILES string of the molecule is NC/C(=C\F)Cn1cc2c(n1)CCNC2=O.O=C1NCCc2nn(C/C(=C/F)CN3C(=O)c4ccccc4C3=O)cc21. The van der Waals surface area contributed by atoms with E-state index in [1.54, 1.807) is 41.3 Å². The van der Waals surface area contributed by atoms with Gasteiger partial charge in [0.1, 0.15) is 0 Å². The molecular formula is C28H28F2N8O4. The average Bonchev–Trinajstić information content (AvgIpc) is 3.68. The van der Waals surface area contributed by atoms with Crippen LogP contribution in [0.1, 0.15) is 52.8 Å². The molecule has 0 aliphatic carbocycles. The van der Waals surface area contributed by atoms with E-state index in [-0.39, 0.29) is 43.6 Å². The number of aromatic nitrogens is 4. The highest BCUT2D eigenvalue weighted by Crippen LogP contribution is 2.24. The highest BCUT2D eigenvalue weighted by atomic mass is 19.1. The molecule has 0 radical (unpaired) electrons. The van der Waals surface area contributed by atoms with Crippen molar-refractivity contribution in [3.8, 4) is 0 Å². The lowest BCUT2D eigenvalue weighted by atomic mass is 10.1. The summed E-state index contributed by atoms with van der Waals surface area (Å²) in [5.41, 5.74) is 9.11. The van der Waals surface area contributed by atoms with Gasteiger partial charge in [0, 0.05) is 44.9 Å². The fraction of sp³-hybridized carbons (Fsp3) is 0.286. The third-order valence-corrected chi connectivity index (χ3v) is 7.00. The third-order valence-electron chi connectivity index (χ3n) is 7.00. The number of hydrogen-bond donors (Lipinski definition) is 3. The molecule has 3 aliphatic rings. The van der Waals surface area contributed by atoms with Gasteiger partial charge < -0.3 is 16.4 Å². The van der Waals surface area contributed by atoms with Crippen molar-refractivity contribution in [2.24, 2.45) is 5.73 Å². The van der Waals surface area contributed by atoms with Crippen LogP contribution in [0.5, 0.6) is 0 Å². The van der Waals surface area contributed by atoms with E-state index in [2.05, 4.69) is 20.8 Å². The second kappa shape index (κ2) is 12.3. The number of benzene rings is 1. The summed E-state index contributed by atoms with van der Waals surface area (Å²) in [6.45, 7) is 1.43. The lowest BCUT2D eigenvalue weighted by Crippen LogP contribution is -2.32. The Morgan fingerprint density at radius 1 is 0.762 bits per heavy atom. The van der Waals surface area contributed by atoms with Crippen molar-refractivity contribution in [3.05, 3.63) is 94.1 Å². The lowest BCUT2D eigenvalue weighted by Gasteiger charge is -2.15. The number of nitrogens with two attached hydrogens (primary N) is 1. The molecule has 12 nitrogen and oxygen atoms in total. The van der Waals surface area contributed by atoms with E-state index in [0.29, 0.717) is 72.1 Å². The van der Waals surface area contributed by atoms with Gasteiger partial charge in [-0.1, -0.05) is 12.1 Å². The molecule has 2 aromatic heterocycles. The number of nitrogens with zero attached hydrogens (tertiary/aromatic N) is 5. The maximum atomic E-state index is 13.4. The molecular weight excluding hydrogens is 550 g/mol. The molecule has 4 amide bonds. The molecule has 4 N–H and O–H groups in total. The van der Waals surface area contributed by atoms with Gasteiger partial charge in [-0.25, -0.2) is 8.78 Å². The minimum atomic E-state index is -0.441. The molecule has 0 saturated heterocycles. The number of fused-ring (bicyclic) bond motifs is 3. The summed E-state index contributed by atoms with van der Waals surface area (Å²) >= 11 is 0. The van der Waals surface area contributed by atoms with E-state index in [0.717, 1.165) is 10.6 Å². The summed E-state index contributed by atoms with van der Waals surface area (Å²) in [5.74, 6) is -1.21. The van der Waals surface area contributed by atoms with Crippen molar-refractivity contribution >= 4 is 23.6 Å². The van der Waals surface area contributed by atoms with Crippen LogP contribution in [0.3, 0.4) is 0 Å². The second-order valence-electron chi connectivity index (χ2n) is 9.87. The lowest BCUT2D eigenvalue weighted by molar-refractivity contribution is 0.0665. The molecule has 0 unspecified atom stereocenters. The van der Waals surface area contributed by atoms with Crippen LogP contribution in [0.2, 0.25) is 0 Å². The molecule has 0 saturated carbocycles. The Hall–Kier alpha value is -4.98. The summed E-state index contributed by atoms with van der Waals surface area (Å²) < 4.78 is 28.8. The monoisotopic (exact) mass is 578 g/mol. The van der Waals surface area contributed by atoms with E-state index < -0.39 is 11.8 Å². The van der Waals surface area contributed by atoms with Gasteiger partial charge in [-0.2, -0.15) is 10.2 Å². The summed E-state index contributed by atoms with van der Waals surface area (Å²) in [6.07, 6.45) is 5.37. The van der Waals surface area contributed by atoms with E-state index >= 15 is 0 Å². The molecule has 3 aromatic rings. The van der Waals surface area contributed by atoms with Gasteiger partial charge >= 0.3 is 0 Å². The van der Waals surface area contributed by atoms with Gasteiger partial charge in [-0.3, -0.25) is 33.4 Å².